The van der Waals surface area contributed by atoms with Gasteiger partial charge in [0.1, 0.15) is 23.5 Å². The zero-order chi connectivity index (χ0) is 11.4. The number of ether oxygens (including phenoxy) is 1. The van der Waals surface area contributed by atoms with Crippen LogP contribution >= 0.6 is 0 Å². The fraction of sp³-hybridized carbons (Fsp3) is 0.0769. The van der Waals surface area contributed by atoms with Gasteiger partial charge >= 0.3 is 0 Å². The van der Waals surface area contributed by atoms with Crippen LogP contribution in [0, 0.1) is 22.7 Å². The van der Waals surface area contributed by atoms with Gasteiger partial charge in [0.05, 0.1) is 0 Å². The highest BCUT2D eigenvalue weighted by Gasteiger charge is 2.07. The van der Waals surface area contributed by atoms with E-state index >= 15 is 0 Å². The number of fused-ring (bicyclic) bond motifs is 1. The van der Waals surface area contributed by atoms with E-state index in [1.165, 1.54) is 0 Å². The van der Waals surface area contributed by atoms with E-state index in [0.29, 0.717) is 11.3 Å². The van der Waals surface area contributed by atoms with Gasteiger partial charge in [-0.3, -0.25) is 0 Å². The average molecular weight is 208 g/mol. The zero-order valence-corrected chi connectivity index (χ0v) is 8.47. The number of nitrogens with zero attached hydrogens (tertiary/aromatic N) is 2. The van der Waals surface area contributed by atoms with Gasteiger partial charge in [0.2, 0.25) is 0 Å². The standard InChI is InChI=1S/C13H8N2O/c14-7-8-16-13-6-5-10-3-1-2-4-11(10)12(13)9-15/h1-6H,8H2. The molecule has 3 nitrogen and oxygen atoms in total. The van der Waals surface area contributed by atoms with E-state index in [2.05, 4.69) is 6.07 Å². The van der Waals surface area contributed by atoms with Gasteiger partial charge in [0, 0.05) is 5.39 Å². The second-order valence-electron chi connectivity index (χ2n) is 3.22. The Labute approximate surface area is 93.1 Å². The van der Waals surface area contributed by atoms with Gasteiger partial charge in [-0.25, -0.2) is 0 Å². The molecule has 0 saturated carbocycles. The largest absolute Gasteiger partial charge is 0.477 e. The Bertz CT molecular complexity index is 605. The topological polar surface area (TPSA) is 56.8 Å². The molecule has 0 aliphatic rings. The minimum atomic E-state index is -0.0486. The number of nitriles is 2. The maximum atomic E-state index is 9.10. The molecule has 0 atom stereocenters. The van der Waals surface area contributed by atoms with Crippen LogP contribution in [0.1, 0.15) is 5.56 Å². The zero-order valence-electron chi connectivity index (χ0n) is 8.47. The van der Waals surface area contributed by atoms with Crippen molar-refractivity contribution in [3.8, 4) is 17.9 Å². The second kappa shape index (κ2) is 4.33. The third-order valence-electron chi connectivity index (χ3n) is 2.29. The van der Waals surface area contributed by atoms with Crippen molar-refractivity contribution in [2.24, 2.45) is 0 Å². The van der Waals surface area contributed by atoms with E-state index in [-0.39, 0.29) is 6.61 Å². The molecule has 76 valence electrons. The van der Waals surface area contributed by atoms with Crippen LogP contribution in [0.25, 0.3) is 10.8 Å². The van der Waals surface area contributed by atoms with Gasteiger partial charge < -0.3 is 4.74 Å². The molecule has 16 heavy (non-hydrogen) atoms. The van der Waals surface area contributed by atoms with E-state index in [1.54, 1.807) is 6.07 Å². The number of benzene rings is 2. The molecular weight excluding hydrogens is 200 g/mol. The number of hydrogen-bond acceptors (Lipinski definition) is 3. The lowest BCUT2D eigenvalue weighted by atomic mass is 10.0. The van der Waals surface area contributed by atoms with Crippen molar-refractivity contribution >= 4 is 10.8 Å². The molecule has 2 rings (SSSR count). The number of rotatable bonds is 2. The van der Waals surface area contributed by atoms with Crippen LogP contribution in [-0.2, 0) is 0 Å². The normalized spacial score (nSPS) is 9.38. The summed E-state index contributed by atoms with van der Waals surface area (Å²) in [6.07, 6.45) is 0. The first-order chi connectivity index (χ1) is 7.86. The van der Waals surface area contributed by atoms with Crippen LogP contribution in [0.2, 0.25) is 0 Å². The van der Waals surface area contributed by atoms with Crippen molar-refractivity contribution in [2.75, 3.05) is 6.61 Å². The summed E-state index contributed by atoms with van der Waals surface area (Å²) in [5.74, 6) is 0.461. The molecule has 0 amide bonds. The van der Waals surface area contributed by atoms with Gasteiger partial charge in [-0.05, 0) is 11.5 Å². The fourth-order valence-corrected chi connectivity index (χ4v) is 1.60. The van der Waals surface area contributed by atoms with Gasteiger partial charge in [-0.2, -0.15) is 10.5 Å². The minimum Gasteiger partial charge on any atom is -0.477 e. The molecule has 0 heterocycles. The predicted molar refractivity (Wildman–Crippen MR) is 59.8 cm³/mol. The highest BCUT2D eigenvalue weighted by molar-refractivity contribution is 5.90. The third kappa shape index (κ3) is 1.67. The van der Waals surface area contributed by atoms with Crippen molar-refractivity contribution < 1.29 is 4.74 Å². The minimum absolute atomic E-state index is 0.0486. The van der Waals surface area contributed by atoms with Crippen LogP contribution in [0.5, 0.6) is 5.75 Å². The molecule has 0 fully saturated rings. The maximum Gasteiger partial charge on any atom is 0.174 e. The molecule has 0 spiro atoms. The molecule has 2 aromatic rings. The highest BCUT2D eigenvalue weighted by atomic mass is 16.5. The molecule has 3 heteroatoms. The lowest BCUT2D eigenvalue weighted by Gasteiger charge is -2.06. The predicted octanol–water partition coefficient (Wildman–Crippen LogP) is 2.61. The van der Waals surface area contributed by atoms with E-state index in [0.717, 1.165) is 10.8 Å². The van der Waals surface area contributed by atoms with Crippen LogP contribution < -0.4 is 4.74 Å². The van der Waals surface area contributed by atoms with Crippen molar-refractivity contribution in [1.82, 2.24) is 0 Å². The highest BCUT2D eigenvalue weighted by Crippen LogP contribution is 2.27. The van der Waals surface area contributed by atoms with Crippen LogP contribution in [0.4, 0.5) is 0 Å². The summed E-state index contributed by atoms with van der Waals surface area (Å²) in [5.41, 5.74) is 0.480. The van der Waals surface area contributed by atoms with E-state index in [4.69, 9.17) is 15.3 Å². The lowest BCUT2D eigenvalue weighted by molar-refractivity contribution is 0.367. The third-order valence-corrected chi connectivity index (χ3v) is 2.29. The summed E-state index contributed by atoms with van der Waals surface area (Å²) in [6.45, 7) is -0.0486. The van der Waals surface area contributed by atoms with Crippen molar-refractivity contribution in [3.63, 3.8) is 0 Å². The van der Waals surface area contributed by atoms with E-state index < -0.39 is 0 Å². The Balaban J connectivity index is 2.61. The molecule has 0 aliphatic heterocycles. The molecule has 0 bridgehead atoms. The average Bonchev–Trinajstić information content (AvgIpc) is 2.35. The summed E-state index contributed by atoms with van der Waals surface area (Å²) < 4.78 is 5.20. The fourth-order valence-electron chi connectivity index (χ4n) is 1.60. The molecule has 0 saturated heterocycles. The van der Waals surface area contributed by atoms with Crippen molar-refractivity contribution in [3.05, 3.63) is 42.0 Å². The molecule has 2 aromatic carbocycles. The molecule has 0 aliphatic carbocycles. The SMILES string of the molecule is N#CCOc1ccc2ccccc2c1C#N. The first-order valence-corrected chi connectivity index (χ1v) is 4.78. The first kappa shape index (κ1) is 10.0. The van der Waals surface area contributed by atoms with Gasteiger partial charge in [0.15, 0.2) is 6.61 Å². The summed E-state index contributed by atoms with van der Waals surface area (Å²) in [4.78, 5) is 0. The Morgan fingerprint density at radius 3 is 2.62 bits per heavy atom. The lowest BCUT2D eigenvalue weighted by Crippen LogP contribution is -1.96. The summed E-state index contributed by atoms with van der Waals surface area (Å²) in [5, 5.41) is 19.4. The Kier molecular flexibility index (Phi) is 2.71. The van der Waals surface area contributed by atoms with Crippen LogP contribution in [0.3, 0.4) is 0 Å². The summed E-state index contributed by atoms with van der Waals surface area (Å²) in [7, 11) is 0. The molecule has 0 N–H and O–H groups in total. The Morgan fingerprint density at radius 2 is 1.88 bits per heavy atom. The quantitative estimate of drug-likeness (QED) is 0.762. The first-order valence-electron chi connectivity index (χ1n) is 4.78. The maximum absolute atomic E-state index is 9.10. The summed E-state index contributed by atoms with van der Waals surface area (Å²) >= 11 is 0. The smallest absolute Gasteiger partial charge is 0.174 e. The molecule has 0 aromatic heterocycles. The second-order valence-corrected chi connectivity index (χ2v) is 3.22. The molecule has 0 radical (unpaired) electrons. The van der Waals surface area contributed by atoms with Crippen LogP contribution in [-0.4, -0.2) is 6.61 Å². The van der Waals surface area contributed by atoms with E-state index in [9.17, 15) is 0 Å². The molecule has 0 unspecified atom stereocenters. The monoisotopic (exact) mass is 208 g/mol. The Hall–Kier alpha value is -2.52. The van der Waals surface area contributed by atoms with Crippen molar-refractivity contribution in [2.45, 2.75) is 0 Å². The van der Waals surface area contributed by atoms with Crippen molar-refractivity contribution in [1.29, 1.82) is 10.5 Å². The summed E-state index contributed by atoms with van der Waals surface area (Å²) in [6, 6.07) is 15.2. The Morgan fingerprint density at radius 1 is 1.06 bits per heavy atom. The van der Waals surface area contributed by atoms with Crippen LogP contribution in [0.15, 0.2) is 36.4 Å². The molecular formula is C13H8N2O. The van der Waals surface area contributed by atoms with E-state index in [1.807, 2.05) is 36.4 Å². The number of hydrogen-bond donors (Lipinski definition) is 0. The van der Waals surface area contributed by atoms with Gasteiger partial charge in [-0.1, -0.05) is 30.3 Å². The van der Waals surface area contributed by atoms with Gasteiger partial charge in [0.25, 0.3) is 0 Å². The van der Waals surface area contributed by atoms with Gasteiger partial charge in [-0.15, -0.1) is 0 Å².